The standard InChI is InChI=1S/C7H13NO.C6H11NO/c1-6-4-2-3-5-8-7(6)9;8-6-4-2-1-3-5-7-6/h6H,2-5H2,1H3,(H,8,9);1-5H2,(H,7,8). The quantitative estimate of drug-likeness (QED) is 0.675. The molecule has 2 rings (SSSR count). The molecule has 0 aliphatic carbocycles. The van der Waals surface area contributed by atoms with E-state index in [1.807, 2.05) is 6.92 Å². The van der Waals surface area contributed by atoms with Crippen LogP contribution in [-0.4, -0.2) is 24.9 Å². The third-order valence-corrected chi connectivity index (χ3v) is 3.21. The zero-order chi connectivity index (χ0) is 12.5. The third-order valence-electron chi connectivity index (χ3n) is 3.21. The van der Waals surface area contributed by atoms with Crippen LogP contribution < -0.4 is 10.6 Å². The number of amides is 2. The Bertz CT molecular complexity index is 244. The van der Waals surface area contributed by atoms with Crippen LogP contribution in [0, 0.1) is 5.92 Å². The minimum atomic E-state index is 0.225. The molecular weight excluding hydrogens is 216 g/mol. The van der Waals surface area contributed by atoms with Crippen LogP contribution in [0.3, 0.4) is 0 Å². The Morgan fingerprint density at radius 1 is 0.941 bits per heavy atom. The predicted molar refractivity (Wildman–Crippen MR) is 67.5 cm³/mol. The van der Waals surface area contributed by atoms with E-state index in [1.54, 1.807) is 0 Å². The molecule has 1 unspecified atom stereocenters. The van der Waals surface area contributed by atoms with Crippen molar-refractivity contribution in [2.75, 3.05) is 13.1 Å². The van der Waals surface area contributed by atoms with Crippen molar-refractivity contribution >= 4 is 11.8 Å². The highest BCUT2D eigenvalue weighted by Gasteiger charge is 2.14. The van der Waals surface area contributed by atoms with Crippen LogP contribution in [0.5, 0.6) is 0 Å². The minimum Gasteiger partial charge on any atom is -0.356 e. The fourth-order valence-electron chi connectivity index (χ4n) is 2.00. The predicted octanol–water partition coefficient (Wildman–Crippen LogP) is 1.60. The van der Waals surface area contributed by atoms with Gasteiger partial charge in [-0.3, -0.25) is 9.59 Å². The van der Waals surface area contributed by atoms with Gasteiger partial charge in [-0.2, -0.15) is 0 Å². The normalized spacial score (nSPS) is 25.6. The molecule has 2 N–H and O–H groups in total. The van der Waals surface area contributed by atoms with E-state index in [0.717, 1.165) is 45.2 Å². The summed E-state index contributed by atoms with van der Waals surface area (Å²) < 4.78 is 0. The Balaban J connectivity index is 0.000000171. The maximum Gasteiger partial charge on any atom is 0.222 e. The van der Waals surface area contributed by atoms with Gasteiger partial charge in [0.25, 0.3) is 0 Å². The highest BCUT2D eigenvalue weighted by Crippen LogP contribution is 2.10. The molecule has 2 saturated heterocycles. The molecule has 0 radical (unpaired) electrons. The van der Waals surface area contributed by atoms with E-state index in [9.17, 15) is 9.59 Å². The summed E-state index contributed by atoms with van der Waals surface area (Å²) in [6, 6.07) is 0. The molecule has 2 fully saturated rings. The van der Waals surface area contributed by atoms with Gasteiger partial charge >= 0.3 is 0 Å². The van der Waals surface area contributed by atoms with Gasteiger partial charge in [-0.25, -0.2) is 0 Å². The van der Waals surface area contributed by atoms with Gasteiger partial charge in [0.05, 0.1) is 0 Å². The van der Waals surface area contributed by atoms with Crippen LogP contribution in [0.15, 0.2) is 0 Å². The lowest BCUT2D eigenvalue weighted by Gasteiger charge is -2.03. The Labute approximate surface area is 104 Å². The van der Waals surface area contributed by atoms with E-state index in [0.29, 0.717) is 0 Å². The second-order valence-corrected chi connectivity index (χ2v) is 4.85. The Hall–Kier alpha value is -1.06. The lowest BCUT2D eigenvalue weighted by Crippen LogP contribution is -2.26. The van der Waals surface area contributed by atoms with Crippen molar-refractivity contribution in [1.82, 2.24) is 10.6 Å². The van der Waals surface area contributed by atoms with Crippen molar-refractivity contribution in [1.29, 1.82) is 0 Å². The van der Waals surface area contributed by atoms with E-state index < -0.39 is 0 Å². The molecule has 0 aromatic rings. The Morgan fingerprint density at radius 2 is 1.65 bits per heavy atom. The number of carbonyl (C=O) groups is 2. The van der Waals surface area contributed by atoms with Crippen molar-refractivity contribution in [3.05, 3.63) is 0 Å². The van der Waals surface area contributed by atoms with Crippen LogP contribution in [-0.2, 0) is 9.59 Å². The topological polar surface area (TPSA) is 58.2 Å². The number of hydrogen-bond donors (Lipinski definition) is 2. The summed E-state index contributed by atoms with van der Waals surface area (Å²) in [6.07, 6.45) is 7.58. The minimum absolute atomic E-state index is 0.225. The molecule has 0 saturated carbocycles. The first-order valence-electron chi connectivity index (χ1n) is 6.74. The first kappa shape index (κ1) is 14.0. The van der Waals surface area contributed by atoms with E-state index in [1.165, 1.54) is 12.8 Å². The summed E-state index contributed by atoms with van der Waals surface area (Å²) in [4.78, 5) is 21.5. The number of hydrogen-bond acceptors (Lipinski definition) is 2. The van der Waals surface area contributed by atoms with E-state index in [4.69, 9.17) is 0 Å². The molecule has 2 amide bonds. The van der Waals surface area contributed by atoms with Gasteiger partial charge in [0.1, 0.15) is 0 Å². The summed E-state index contributed by atoms with van der Waals surface area (Å²) >= 11 is 0. The molecule has 0 spiro atoms. The smallest absolute Gasteiger partial charge is 0.222 e. The second kappa shape index (κ2) is 8.09. The van der Waals surface area contributed by atoms with Crippen molar-refractivity contribution in [2.45, 2.75) is 51.9 Å². The highest BCUT2D eigenvalue weighted by molar-refractivity contribution is 5.78. The summed E-state index contributed by atoms with van der Waals surface area (Å²) in [5.41, 5.74) is 0. The zero-order valence-electron chi connectivity index (χ0n) is 10.8. The van der Waals surface area contributed by atoms with Gasteiger partial charge in [0, 0.05) is 25.4 Å². The number of rotatable bonds is 0. The SMILES string of the molecule is CC1CCCCNC1=O.O=C1CCCCCN1. The van der Waals surface area contributed by atoms with Gasteiger partial charge in [-0.05, 0) is 25.7 Å². The molecule has 1 atom stereocenters. The number of carbonyl (C=O) groups excluding carboxylic acids is 2. The molecule has 2 heterocycles. The summed E-state index contributed by atoms with van der Waals surface area (Å²) in [5.74, 6) is 0.697. The maximum absolute atomic E-state index is 10.9. The lowest BCUT2D eigenvalue weighted by atomic mass is 10.1. The highest BCUT2D eigenvalue weighted by atomic mass is 16.2. The third kappa shape index (κ3) is 6.29. The first-order valence-corrected chi connectivity index (χ1v) is 6.74. The monoisotopic (exact) mass is 240 g/mol. The summed E-state index contributed by atoms with van der Waals surface area (Å²) in [5, 5.41) is 5.66. The summed E-state index contributed by atoms with van der Waals surface area (Å²) in [6.45, 7) is 3.75. The van der Waals surface area contributed by atoms with E-state index in [-0.39, 0.29) is 17.7 Å². The molecule has 0 aromatic heterocycles. The van der Waals surface area contributed by atoms with Crippen LogP contribution >= 0.6 is 0 Å². The molecule has 2 aliphatic heterocycles. The van der Waals surface area contributed by atoms with Gasteiger partial charge in [0.15, 0.2) is 0 Å². The molecular formula is C13H24N2O2. The van der Waals surface area contributed by atoms with Gasteiger partial charge in [-0.15, -0.1) is 0 Å². The average molecular weight is 240 g/mol. The van der Waals surface area contributed by atoms with Crippen molar-refractivity contribution < 1.29 is 9.59 Å². The average Bonchev–Trinajstić information content (AvgIpc) is 2.65. The van der Waals surface area contributed by atoms with Crippen molar-refractivity contribution in [3.8, 4) is 0 Å². The lowest BCUT2D eigenvalue weighted by molar-refractivity contribution is -0.124. The van der Waals surface area contributed by atoms with Gasteiger partial charge < -0.3 is 10.6 Å². The van der Waals surface area contributed by atoms with E-state index in [2.05, 4.69) is 10.6 Å². The van der Waals surface area contributed by atoms with Crippen molar-refractivity contribution in [2.24, 2.45) is 5.92 Å². The van der Waals surface area contributed by atoms with Crippen molar-refractivity contribution in [3.63, 3.8) is 0 Å². The fourth-order valence-corrected chi connectivity index (χ4v) is 2.00. The second-order valence-electron chi connectivity index (χ2n) is 4.85. The van der Waals surface area contributed by atoms with E-state index >= 15 is 0 Å². The molecule has 2 aliphatic rings. The molecule has 98 valence electrons. The Kier molecular flexibility index (Phi) is 6.67. The number of nitrogens with one attached hydrogen (secondary N) is 2. The fraction of sp³-hybridized carbons (Fsp3) is 0.846. The van der Waals surface area contributed by atoms with Crippen LogP contribution in [0.25, 0.3) is 0 Å². The van der Waals surface area contributed by atoms with Crippen LogP contribution in [0.2, 0.25) is 0 Å². The zero-order valence-corrected chi connectivity index (χ0v) is 10.8. The van der Waals surface area contributed by atoms with Crippen LogP contribution in [0.4, 0.5) is 0 Å². The molecule has 0 aromatic carbocycles. The molecule has 4 heteroatoms. The largest absolute Gasteiger partial charge is 0.356 e. The molecule has 0 bridgehead atoms. The van der Waals surface area contributed by atoms with Gasteiger partial charge in [-0.1, -0.05) is 19.8 Å². The maximum atomic E-state index is 10.9. The van der Waals surface area contributed by atoms with Gasteiger partial charge in [0.2, 0.25) is 11.8 Å². The molecule has 17 heavy (non-hydrogen) atoms. The van der Waals surface area contributed by atoms with Crippen LogP contribution in [0.1, 0.15) is 51.9 Å². The Morgan fingerprint density at radius 3 is 2.47 bits per heavy atom. The molecule has 4 nitrogen and oxygen atoms in total. The first-order chi connectivity index (χ1) is 8.20. The summed E-state index contributed by atoms with van der Waals surface area (Å²) in [7, 11) is 0.